The van der Waals surface area contributed by atoms with Gasteiger partial charge in [-0.2, -0.15) is 0 Å². The molecule has 0 radical (unpaired) electrons. The number of benzene rings is 1. The molecule has 1 aromatic carbocycles. The Labute approximate surface area is 105 Å². The molecule has 2 rings (SSSR count). The van der Waals surface area contributed by atoms with Crippen LogP contribution < -0.4 is 10.1 Å². The van der Waals surface area contributed by atoms with Gasteiger partial charge in [-0.3, -0.25) is 4.98 Å². The topological polar surface area (TPSA) is 47.0 Å². The van der Waals surface area contributed by atoms with Gasteiger partial charge >= 0.3 is 0 Å². The van der Waals surface area contributed by atoms with Crippen molar-refractivity contribution in [1.29, 1.82) is 0 Å². The average Bonchev–Trinajstić information content (AvgIpc) is 2.39. The van der Waals surface area contributed by atoms with Gasteiger partial charge in [0.15, 0.2) is 0 Å². The Morgan fingerprint density at radius 1 is 1.28 bits per heavy atom. The van der Waals surface area contributed by atoms with Crippen LogP contribution >= 0.6 is 0 Å². The Bertz CT molecular complexity index is 519. The lowest BCUT2D eigenvalue weighted by atomic mass is 10.2. The molecule has 0 amide bonds. The van der Waals surface area contributed by atoms with Crippen molar-refractivity contribution >= 4 is 0 Å². The van der Waals surface area contributed by atoms with Gasteiger partial charge in [-0.05, 0) is 13.1 Å². The summed E-state index contributed by atoms with van der Waals surface area (Å²) in [5, 5.41) is 2.98. The van der Waals surface area contributed by atoms with Gasteiger partial charge < -0.3 is 10.1 Å². The van der Waals surface area contributed by atoms with Crippen molar-refractivity contribution < 1.29 is 9.13 Å². The van der Waals surface area contributed by atoms with Crippen molar-refractivity contribution in [3.8, 4) is 5.88 Å². The maximum absolute atomic E-state index is 13.4. The second-order valence-corrected chi connectivity index (χ2v) is 3.76. The Morgan fingerprint density at radius 2 is 2.11 bits per heavy atom. The van der Waals surface area contributed by atoms with Gasteiger partial charge in [-0.1, -0.05) is 18.2 Å². The molecule has 0 aliphatic carbocycles. The smallest absolute Gasteiger partial charge is 0.232 e. The number of aromatic nitrogens is 2. The first kappa shape index (κ1) is 12.4. The lowest BCUT2D eigenvalue weighted by Gasteiger charge is -2.07. The molecule has 0 unspecified atom stereocenters. The molecule has 0 bridgehead atoms. The molecule has 2 aromatic rings. The largest absolute Gasteiger partial charge is 0.472 e. The maximum Gasteiger partial charge on any atom is 0.232 e. The van der Waals surface area contributed by atoms with E-state index in [1.54, 1.807) is 24.4 Å². The first-order valence-corrected chi connectivity index (χ1v) is 5.61. The van der Waals surface area contributed by atoms with Gasteiger partial charge in [0, 0.05) is 18.3 Å². The second kappa shape index (κ2) is 6.07. The lowest BCUT2D eigenvalue weighted by Crippen LogP contribution is -2.08. The molecular weight excluding hydrogens is 233 g/mol. The summed E-state index contributed by atoms with van der Waals surface area (Å²) in [5.41, 5.74) is 1.28. The van der Waals surface area contributed by atoms with E-state index < -0.39 is 0 Å². The van der Waals surface area contributed by atoms with Crippen molar-refractivity contribution in [3.05, 3.63) is 53.7 Å². The Kier molecular flexibility index (Phi) is 4.20. The van der Waals surface area contributed by atoms with Gasteiger partial charge in [0.05, 0.1) is 11.9 Å². The number of nitrogens with zero attached hydrogens (tertiary/aromatic N) is 2. The van der Waals surface area contributed by atoms with Crippen LogP contribution in [0.3, 0.4) is 0 Å². The van der Waals surface area contributed by atoms with Crippen molar-refractivity contribution in [1.82, 2.24) is 15.3 Å². The highest BCUT2D eigenvalue weighted by molar-refractivity contribution is 5.17. The van der Waals surface area contributed by atoms with Crippen LogP contribution in [0.15, 0.2) is 36.7 Å². The van der Waals surface area contributed by atoms with E-state index in [0.29, 0.717) is 18.0 Å². The van der Waals surface area contributed by atoms with Crippen LogP contribution in [-0.4, -0.2) is 17.0 Å². The number of halogens is 1. The van der Waals surface area contributed by atoms with Gasteiger partial charge in [-0.25, -0.2) is 9.37 Å². The number of nitrogens with one attached hydrogen (secondary N) is 1. The zero-order chi connectivity index (χ0) is 12.8. The minimum absolute atomic E-state index is 0.143. The number of ether oxygens (including phenoxy) is 1. The summed E-state index contributed by atoms with van der Waals surface area (Å²) in [6.45, 7) is 0.758. The van der Waals surface area contributed by atoms with Crippen LogP contribution in [0.4, 0.5) is 4.39 Å². The summed E-state index contributed by atoms with van der Waals surface area (Å²) < 4.78 is 18.8. The van der Waals surface area contributed by atoms with Crippen LogP contribution in [0.2, 0.25) is 0 Å². The third kappa shape index (κ3) is 3.24. The van der Waals surface area contributed by atoms with E-state index in [9.17, 15) is 4.39 Å². The average molecular weight is 247 g/mol. The summed E-state index contributed by atoms with van der Waals surface area (Å²) in [4.78, 5) is 8.25. The number of rotatable bonds is 5. The highest BCUT2D eigenvalue weighted by Gasteiger charge is 2.03. The Morgan fingerprint density at radius 3 is 2.89 bits per heavy atom. The van der Waals surface area contributed by atoms with E-state index in [-0.39, 0.29) is 12.4 Å². The SMILES string of the molecule is CNCc1cncc(OCc2ccccc2F)n1. The standard InChI is InChI=1S/C13H14FN3O/c1-15-6-11-7-16-8-13(17-11)18-9-10-4-2-3-5-12(10)14/h2-5,7-8,15H,6,9H2,1H3. The predicted octanol–water partition coefficient (Wildman–Crippen LogP) is 1.91. The molecule has 94 valence electrons. The third-order valence-corrected chi connectivity index (χ3v) is 2.35. The zero-order valence-corrected chi connectivity index (χ0v) is 10.1. The quantitative estimate of drug-likeness (QED) is 0.876. The predicted molar refractivity (Wildman–Crippen MR) is 65.5 cm³/mol. The molecule has 0 atom stereocenters. The van der Waals surface area contributed by atoms with Crippen molar-refractivity contribution in [2.24, 2.45) is 0 Å². The summed E-state index contributed by atoms with van der Waals surface area (Å²) in [6.07, 6.45) is 3.17. The van der Waals surface area contributed by atoms with E-state index >= 15 is 0 Å². The molecule has 5 heteroatoms. The molecule has 0 spiro atoms. The van der Waals surface area contributed by atoms with Crippen molar-refractivity contribution in [3.63, 3.8) is 0 Å². The van der Waals surface area contributed by atoms with Crippen LogP contribution in [0.5, 0.6) is 5.88 Å². The van der Waals surface area contributed by atoms with Gasteiger partial charge in [-0.15, -0.1) is 0 Å². The third-order valence-electron chi connectivity index (χ3n) is 2.35. The molecule has 18 heavy (non-hydrogen) atoms. The zero-order valence-electron chi connectivity index (χ0n) is 10.1. The van der Waals surface area contributed by atoms with Crippen molar-refractivity contribution in [2.75, 3.05) is 7.05 Å². The molecule has 1 aromatic heterocycles. The first-order valence-electron chi connectivity index (χ1n) is 5.61. The molecule has 1 N–H and O–H groups in total. The van der Waals surface area contributed by atoms with E-state index in [2.05, 4.69) is 15.3 Å². The monoisotopic (exact) mass is 247 g/mol. The lowest BCUT2D eigenvalue weighted by molar-refractivity contribution is 0.285. The molecule has 0 saturated carbocycles. The summed E-state index contributed by atoms with van der Waals surface area (Å²) >= 11 is 0. The van der Waals surface area contributed by atoms with E-state index in [1.165, 1.54) is 12.3 Å². The van der Waals surface area contributed by atoms with Crippen LogP contribution in [0, 0.1) is 5.82 Å². The first-order chi connectivity index (χ1) is 8.79. The molecular formula is C13H14FN3O. The molecule has 0 aliphatic heterocycles. The minimum Gasteiger partial charge on any atom is -0.472 e. The Hall–Kier alpha value is -2.01. The van der Waals surface area contributed by atoms with Crippen molar-refractivity contribution in [2.45, 2.75) is 13.2 Å². The normalized spacial score (nSPS) is 10.3. The fourth-order valence-electron chi connectivity index (χ4n) is 1.49. The summed E-state index contributed by atoms with van der Waals surface area (Å²) in [6, 6.07) is 6.50. The van der Waals surface area contributed by atoms with E-state index in [4.69, 9.17) is 4.74 Å². The van der Waals surface area contributed by atoms with Crippen LogP contribution in [0.1, 0.15) is 11.3 Å². The minimum atomic E-state index is -0.281. The van der Waals surface area contributed by atoms with E-state index in [0.717, 1.165) is 5.69 Å². The van der Waals surface area contributed by atoms with Gasteiger partial charge in [0.1, 0.15) is 12.4 Å². The highest BCUT2D eigenvalue weighted by Crippen LogP contribution is 2.11. The number of hydrogen-bond acceptors (Lipinski definition) is 4. The second-order valence-electron chi connectivity index (χ2n) is 3.76. The van der Waals surface area contributed by atoms with Gasteiger partial charge in [0.2, 0.25) is 5.88 Å². The highest BCUT2D eigenvalue weighted by atomic mass is 19.1. The van der Waals surface area contributed by atoms with Gasteiger partial charge in [0.25, 0.3) is 0 Å². The summed E-state index contributed by atoms with van der Waals surface area (Å²) in [7, 11) is 1.83. The van der Waals surface area contributed by atoms with E-state index in [1.807, 2.05) is 7.05 Å². The molecule has 4 nitrogen and oxygen atoms in total. The summed E-state index contributed by atoms with van der Waals surface area (Å²) in [5.74, 6) is 0.114. The molecule has 1 heterocycles. The fourth-order valence-corrected chi connectivity index (χ4v) is 1.49. The molecule has 0 saturated heterocycles. The van der Waals surface area contributed by atoms with Crippen LogP contribution in [0.25, 0.3) is 0 Å². The maximum atomic E-state index is 13.4. The fraction of sp³-hybridized carbons (Fsp3) is 0.231. The molecule has 0 fully saturated rings. The Balaban J connectivity index is 2.02. The number of hydrogen-bond donors (Lipinski definition) is 1. The van der Waals surface area contributed by atoms with Crippen LogP contribution in [-0.2, 0) is 13.2 Å². The molecule has 0 aliphatic rings.